The Morgan fingerprint density at radius 1 is 1.50 bits per heavy atom. The lowest BCUT2D eigenvalue weighted by molar-refractivity contribution is -0.141. The van der Waals surface area contributed by atoms with Gasteiger partial charge >= 0.3 is 6.18 Å². The zero-order valence-electron chi connectivity index (χ0n) is 7.54. The van der Waals surface area contributed by atoms with E-state index in [1.54, 1.807) is 13.8 Å². The average Bonchev–Trinajstić information content (AvgIpc) is 2.49. The number of hydrogen-bond acceptors (Lipinski definition) is 3. The van der Waals surface area contributed by atoms with Gasteiger partial charge in [0, 0.05) is 5.92 Å². The van der Waals surface area contributed by atoms with Gasteiger partial charge in [0.05, 0.1) is 6.20 Å². The van der Waals surface area contributed by atoms with Crippen molar-refractivity contribution in [2.24, 2.45) is 5.92 Å². The summed E-state index contributed by atoms with van der Waals surface area (Å²) >= 11 is 0. The van der Waals surface area contributed by atoms with Crippen LogP contribution < -0.4 is 0 Å². The number of nitrogens with zero attached hydrogens (tertiary/aromatic N) is 3. The molecule has 0 aliphatic heterocycles. The highest BCUT2D eigenvalue weighted by molar-refractivity contribution is 5.79. The molecule has 0 radical (unpaired) electrons. The third-order valence-corrected chi connectivity index (χ3v) is 1.50. The fraction of sp³-hybridized carbons (Fsp3) is 0.571. The SMILES string of the molecule is CC(C)C(=O)n1cc(C(F)(F)F)nn1. The molecule has 1 heterocycles. The van der Waals surface area contributed by atoms with E-state index < -0.39 is 23.7 Å². The highest BCUT2D eigenvalue weighted by Crippen LogP contribution is 2.26. The van der Waals surface area contributed by atoms with E-state index in [1.165, 1.54) is 0 Å². The van der Waals surface area contributed by atoms with E-state index in [0.29, 0.717) is 10.9 Å². The van der Waals surface area contributed by atoms with Crippen molar-refractivity contribution in [3.63, 3.8) is 0 Å². The van der Waals surface area contributed by atoms with Crippen LogP contribution in [-0.4, -0.2) is 20.9 Å². The lowest BCUT2D eigenvalue weighted by atomic mass is 10.2. The molecule has 0 saturated carbocycles. The summed E-state index contributed by atoms with van der Waals surface area (Å²) in [5.41, 5.74) is -1.16. The molecule has 0 saturated heterocycles. The first-order chi connectivity index (χ1) is 6.32. The van der Waals surface area contributed by atoms with E-state index in [0.717, 1.165) is 0 Å². The van der Waals surface area contributed by atoms with E-state index in [1.807, 2.05) is 0 Å². The number of carbonyl (C=O) groups excluding carboxylic acids is 1. The monoisotopic (exact) mass is 207 g/mol. The van der Waals surface area contributed by atoms with Crippen LogP contribution in [0, 0.1) is 5.92 Å². The molecule has 0 N–H and O–H groups in total. The molecule has 0 aliphatic carbocycles. The average molecular weight is 207 g/mol. The van der Waals surface area contributed by atoms with Crippen molar-refractivity contribution in [1.29, 1.82) is 0 Å². The van der Waals surface area contributed by atoms with Gasteiger partial charge in [-0.05, 0) is 0 Å². The third-order valence-electron chi connectivity index (χ3n) is 1.50. The summed E-state index contributed by atoms with van der Waals surface area (Å²) in [7, 11) is 0. The van der Waals surface area contributed by atoms with Crippen LogP contribution in [0.5, 0.6) is 0 Å². The number of hydrogen-bond donors (Lipinski definition) is 0. The van der Waals surface area contributed by atoms with Crippen LogP contribution in [0.1, 0.15) is 24.3 Å². The van der Waals surface area contributed by atoms with Crippen molar-refractivity contribution in [3.8, 4) is 0 Å². The first-order valence-electron chi connectivity index (χ1n) is 3.86. The zero-order valence-corrected chi connectivity index (χ0v) is 7.54. The summed E-state index contributed by atoms with van der Waals surface area (Å²) in [6.07, 6.45) is -3.97. The molecule has 4 nitrogen and oxygen atoms in total. The quantitative estimate of drug-likeness (QED) is 0.702. The third kappa shape index (κ3) is 2.09. The molecule has 0 aliphatic rings. The van der Waals surface area contributed by atoms with Gasteiger partial charge in [-0.2, -0.15) is 17.9 Å². The number of halogens is 3. The Bertz CT molecular complexity index is 342. The zero-order chi connectivity index (χ0) is 10.9. The van der Waals surface area contributed by atoms with Crippen LogP contribution >= 0.6 is 0 Å². The van der Waals surface area contributed by atoms with Crippen molar-refractivity contribution < 1.29 is 18.0 Å². The molecule has 0 unspecified atom stereocenters. The Morgan fingerprint density at radius 3 is 2.43 bits per heavy atom. The Kier molecular flexibility index (Phi) is 2.59. The van der Waals surface area contributed by atoms with Crippen LogP contribution in [0.3, 0.4) is 0 Å². The minimum absolute atomic E-state index is 0.419. The highest BCUT2D eigenvalue weighted by atomic mass is 19.4. The van der Waals surface area contributed by atoms with E-state index in [-0.39, 0.29) is 0 Å². The maximum atomic E-state index is 12.0. The first-order valence-corrected chi connectivity index (χ1v) is 3.86. The lowest BCUT2D eigenvalue weighted by Gasteiger charge is -2.01. The molecule has 7 heteroatoms. The fourth-order valence-electron chi connectivity index (χ4n) is 0.766. The number of aromatic nitrogens is 3. The van der Waals surface area contributed by atoms with Gasteiger partial charge in [0.25, 0.3) is 5.91 Å². The minimum atomic E-state index is -4.56. The Balaban J connectivity index is 2.95. The van der Waals surface area contributed by atoms with Crippen LogP contribution in [0.4, 0.5) is 13.2 Å². The number of carbonyl (C=O) groups is 1. The van der Waals surface area contributed by atoms with E-state index in [9.17, 15) is 18.0 Å². The van der Waals surface area contributed by atoms with Crippen molar-refractivity contribution in [2.45, 2.75) is 20.0 Å². The molecule has 1 aromatic heterocycles. The molecule has 1 rings (SSSR count). The highest BCUT2D eigenvalue weighted by Gasteiger charge is 2.35. The van der Waals surface area contributed by atoms with Crippen molar-refractivity contribution in [2.75, 3.05) is 0 Å². The number of alkyl halides is 3. The van der Waals surface area contributed by atoms with E-state index >= 15 is 0 Å². The molecule has 0 spiro atoms. The molecular formula is C7H8F3N3O. The molecule has 78 valence electrons. The number of rotatable bonds is 1. The van der Waals surface area contributed by atoms with Crippen molar-refractivity contribution in [1.82, 2.24) is 15.0 Å². The molecule has 0 amide bonds. The van der Waals surface area contributed by atoms with Gasteiger partial charge < -0.3 is 0 Å². The Hall–Kier alpha value is -1.40. The van der Waals surface area contributed by atoms with Crippen molar-refractivity contribution >= 4 is 5.91 Å². The minimum Gasteiger partial charge on any atom is -0.272 e. The molecule has 0 aromatic carbocycles. The van der Waals surface area contributed by atoms with E-state index in [4.69, 9.17) is 0 Å². The van der Waals surface area contributed by atoms with Gasteiger partial charge in [-0.3, -0.25) is 4.79 Å². The Labute approximate surface area is 77.7 Å². The van der Waals surface area contributed by atoms with Crippen LogP contribution in [0.25, 0.3) is 0 Å². The normalized spacial score (nSPS) is 12.1. The predicted molar refractivity (Wildman–Crippen MR) is 40.5 cm³/mol. The van der Waals surface area contributed by atoms with Crippen LogP contribution in [0.15, 0.2) is 6.20 Å². The van der Waals surface area contributed by atoms with Gasteiger partial charge in [0.2, 0.25) is 0 Å². The van der Waals surface area contributed by atoms with Crippen molar-refractivity contribution in [3.05, 3.63) is 11.9 Å². The molecule has 0 atom stereocenters. The summed E-state index contributed by atoms with van der Waals surface area (Å²) < 4.78 is 36.7. The van der Waals surface area contributed by atoms with Gasteiger partial charge in [0.15, 0.2) is 5.69 Å². The van der Waals surface area contributed by atoms with Crippen LogP contribution in [-0.2, 0) is 6.18 Å². The summed E-state index contributed by atoms with van der Waals surface area (Å²) in [5, 5.41) is 5.96. The lowest BCUT2D eigenvalue weighted by Crippen LogP contribution is -2.17. The van der Waals surface area contributed by atoms with Gasteiger partial charge in [0.1, 0.15) is 0 Å². The van der Waals surface area contributed by atoms with Gasteiger partial charge in [-0.15, -0.1) is 5.10 Å². The molecule has 0 fully saturated rings. The smallest absolute Gasteiger partial charge is 0.272 e. The molecular weight excluding hydrogens is 199 g/mol. The summed E-state index contributed by atoms with van der Waals surface area (Å²) in [4.78, 5) is 11.2. The maximum absolute atomic E-state index is 12.0. The second-order valence-electron chi connectivity index (χ2n) is 3.04. The maximum Gasteiger partial charge on any atom is 0.436 e. The van der Waals surface area contributed by atoms with Gasteiger partial charge in [-0.1, -0.05) is 19.1 Å². The Morgan fingerprint density at radius 2 is 2.07 bits per heavy atom. The summed E-state index contributed by atoms with van der Waals surface area (Å²) in [6, 6.07) is 0. The fourth-order valence-corrected chi connectivity index (χ4v) is 0.766. The second kappa shape index (κ2) is 3.39. The van der Waals surface area contributed by atoms with Gasteiger partial charge in [-0.25, -0.2) is 0 Å². The molecule has 1 aromatic rings. The topological polar surface area (TPSA) is 47.8 Å². The standard InChI is InChI=1S/C7H8F3N3O/c1-4(2)6(14)13-3-5(11-12-13)7(8,9)10/h3-4H,1-2H3. The summed E-state index contributed by atoms with van der Waals surface area (Å²) in [5.74, 6) is -0.939. The largest absolute Gasteiger partial charge is 0.436 e. The second-order valence-corrected chi connectivity index (χ2v) is 3.04. The summed E-state index contributed by atoms with van der Waals surface area (Å²) in [6.45, 7) is 3.13. The van der Waals surface area contributed by atoms with Crippen LogP contribution in [0.2, 0.25) is 0 Å². The predicted octanol–water partition coefficient (Wildman–Crippen LogP) is 1.59. The molecule has 14 heavy (non-hydrogen) atoms. The molecule has 0 bridgehead atoms. The van der Waals surface area contributed by atoms with E-state index in [2.05, 4.69) is 10.3 Å². The first kappa shape index (κ1) is 10.7.